The molecule has 3 rings (SSSR count). The first kappa shape index (κ1) is 25.7. The van der Waals surface area contributed by atoms with E-state index in [0.717, 1.165) is 11.1 Å². The van der Waals surface area contributed by atoms with Crippen LogP contribution in [-0.4, -0.2) is 49.2 Å². The van der Waals surface area contributed by atoms with E-state index in [1.807, 2.05) is 36.4 Å². The minimum Gasteiger partial charge on any atom is -0.442 e. The van der Waals surface area contributed by atoms with Gasteiger partial charge in [-0.15, -0.1) is 0 Å². The van der Waals surface area contributed by atoms with E-state index in [1.165, 1.54) is 29.0 Å². The summed E-state index contributed by atoms with van der Waals surface area (Å²) in [6.07, 6.45) is 2.66. The van der Waals surface area contributed by atoms with Gasteiger partial charge in [-0.1, -0.05) is 59.6 Å². The Morgan fingerprint density at radius 1 is 1.18 bits per heavy atom. The van der Waals surface area contributed by atoms with Crippen LogP contribution in [-0.2, 0) is 16.1 Å². The van der Waals surface area contributed by atoms with Crippen molar-refractivity contribution >= 4 is 40.9 Å². The van der Waals surface area contributed by atoms with Gasteiger partial charge >= 0.3 is 6.09 Å². The number of anilines is 1. The molecule has 180 valence electrons. The van der Waals surface area contributed by atoms with E-state index >= 15 is 0 Å². The molecule has 1 aliphatic heterocycles. The standard InChI is InChI=1S/C25H26Cl2FN3O3/c1-18(32)29-15-22-17-31(25(33)34-22)21-8-9-23(24(28)14-21)20-6-4-19(5-7-20)16-30(12-2-10-26)13-3-11-27/h2-11,14,22H,12-13,15-17H2,1H3,(H,29,32)/t22-/m0/s1. The highest BCUT2D eigenvalue weighted by Gasteiger charge is 2.32. The van der Waals surface area contributed by atoms with Crippen LogP contribution in [0.25, 0.3) is 11.1 Å². The molecule has 0 saturated carbocycles. The maximum atomic E-state index is 15.0. The summed E-state index contributed by atoms with van der Waals surface area (Å²) < 4.78 is 20.2. The lowest BCUT2D eigenvalue weighted by atomic mass is 10.0. The molecule has 1 saturated heterocycles. The molecule has 1 N–H and O–H groups in total. The number of nitrogens with one attached hydrogen (secondary N) is 1. The summed E-state index contributed by atoms with van der Waals surface area (Å²) in [6, 6.07) is 12.3. The molecule has 1 fully saturated rings. The summed E-state index contributed by atoms with van der Waals surface area (Å²) in [5.41, 5.74) is 5.61. The van der Waals surface area contributed by atoms with Gasteiger partial charge in [0.05, 0.1) is 18.8 Å². The van der Waals surface area contributed by atoms with Gasteiger partial charge in [-0.3, -0.25) is 14.6 Å². The van der Waals surface area contributed by atoms with Crippen molar-refractivity contribution in [3.05, 3.63) is 77.1 Å². The number of nitrogens with zero attached hydrogens (tertiary/aromatic N) is 2. The van der Waals surface area contributed by atoms with Crippen molar-refractivity contribution < 1.29 is 18.7 Å². The van der Waals surface area contributed by atoms with E-state index in [2.05, 4.69) is 10.2 Å². The topological polar surface area (TPSA) is 61.9 Å². The van der Waals surface area contributed by atoms with E-state index in [4.69, 9.17) is 27.9 Å². The molecular weight excluding hydrogens is 480 g/mol. The SMILES string of the molecule is CC(=O)NC[C@H]1CN(c2ccc(-c3ccc(CN(CC=CCl)CC=CCl)cc3)c(F)c2)C(=O)O1. The number of ether oxygens (including phenoxy) is 1. The van der Waals surface area contributed by atoms with Crippen molar-refractivity contribution in [2.24, 2.45) is 0 Å². The van der Waals surface area contributed by atoms with E-state index in [1.54, 1.807) is 12.1 Å². The summed E-state index contributed by atoms with van der Waals surface area (Å²) in [4.78, 5) is 26.8. The fourth-order valence-electron chi connectivity index (χ4n) is 3.63. The van der Waals surface area contributed by atoms with Crippen molar-refractivity contribution in [3.63, 3.8) is 0 Å². The average Bonchev–Trinajstić information content (AvgIpc) is 3.20. The van der Waals surface area contributed by atoms with Crippen LogP contribution in [0.5, 0.6) is 0 Å². The number of hydrogen-bond donors (Lipinski definition) is 1. The number of amides is 2. The second-order valence-corrected chi connectivity index (χ2v) is 8.34. The van der Waals surface area contributed by atoms with E-state index in [0.29, 0.717) is 30.9 Å². The predicted molar refractivity (Wildman–Crippen MR) is 133 cm³/mol. The fourth-order valence-corrected chi connectivity index (χ4v) is 3.79. The van der Waals surface area contributed by atoms with Crippen molar-refractivity contribution in [3.8, 4) is 11.1 Å². The Morgan fingerprint density at radius 3 is 2.44 bits per heavy atom. The second-order valence-electron chi connectivity index (χ2n) is 7.83. The molecule has 6 nitrogen and oxygen atoms in total. The number of benzene rings is 2. The van der Waals surface area contributed by atoms with Crippen LogP contribution < -0.4 is 10.2 Å². The van der Waals surface area contributed by atoms with Gasteiger partial charge in [0.1, 0.15) is 11.9 Å². The summed E-state index contributed by atoms with van der Waals surface area (Å²) in [6.45, 7) is 3.87. The Labute approximate surface area is 208 Å². The van der Waals surface area contributed by atoms with Crippen LogP contribution in [0.1, 0.15) is 12.5 Å². The van der Waals surface area contributed by atoms with Gasteiger partial charge in [-0.05, 0) is 29.3 Å². The molecule has 9 heteroatoms. The monoisotopic (exact) mass is 505 g/mol. The zero-order chi connectivity index (χ0) is 24.5. The van der Waals surface area contributed by atoms with Crippen LogP contribution in [0, 0.1) is 5.82 Å². The van der Waals surface area contributed by atoms with Crippen molar-refractivity contribution in [2.75, 3.05) is 31.1 Å². The van der Waals surface area contributed by atoms with Gasteiger partial charge in [0.15, 0.2) is 0 Å². The maximum absolute atomic E-state index is 15.0. The summed E-state index contributed by atoms with van der Waals surface area (Å²) >= 11 is 11.3. The smallest absolute Gasteiger partial charge is 0.414 e. The molecule has 2 aromatic rings. The van der Waals surface area contributed by atoms with Crippen LogP contribution in [0.15, 0.2) is 65.7 Å². The lowest BCUT2D eigenvalue weighted by Gasteiger charge is -2.19. The fraction of sp³-hybridized carbons (Fsp3) is 0.280. The first-order valence-corrected chi connectivity index (χ1v) is 11.6. The molecule has 2 amide bonds. The lowest BCUT2D eigenvalue weighted by molar-refractivity contribution is -0.119. The minimum absolute atomic E-state index is 0.206. The number of rotatable bonds is 10. The maximum Gasteiger partial charge on any atom is 0.414 e. The largest absolute Gasteiger partial charge is 0.442 e. The van der Waals surface area contributed by atoms with Gasteiger partial charge in [0.2, 0.25) is 5.91 Å². The highest BCUT2D eigenvalue weighted by atomic mass is 35.5. The zero-order valence-electron chi connectivity index (χ0n) is 18.7. The van der Waals surface area contributed by atoms with E-state index in [-0.39, 0.29) is 19.0 Å². The molecule has 0 aliphatic carbocycles. The molecule has 0 radical (unpaired) electrons. The quantitative estimate of drug-likeness (QED) is 0.478. The first-order chi connectivity index (χ1) is 16.4. The number of hydrogen-bond acceptors (Lipinski definition) is 4. The third-order valence-corrected chi connectivity index (χ3v) is 5.65. The van der Waals surface area contributed by atoms with Gasteiger partial charge < -0.3 is 10.1 Å². The predicted octanol–water partition coefficient (Wildman–Crippen LogP) is 5.26. The van der Waals surface area contributed by atoms with Gasteiger partial charge in [0, 0.05) is 43.2 Å². The van der Waals surface area contributed by atoms with Crippen molar-refractivity contribution in [2.45, 2.75) is 19.6 Å². The molecule has 1 atom stereocenters. The summed E-state index contributed by atoms with van der Waals surface area (Å²) in [5.74, 6) is -0.646. The Morgan fingerprint density at radius 2 is 1.85 bits per heavy atom. The molecule has 1 heterocycles. The van der Waals surface area contributed by atoms with Crippen LogP contribution in [0.3, 0.4) is 0 Å². The number of cyclic esters (lactones) is 1. The third-order valence-electron chi connectivity index (χ3n) is 5.29. The van der Waals surface area contributed by atoms with E-state index in [9.17, 15) is 14.0 Å². The van der Waals surface area contributed by atoms with Crippen LogP contribution in [0.4, 0.5) is 14.9 Å². The highest BCUT2D eigenvalue weighted by Crippen LogP contribution is 2.29. The number of carbonyl (C=O) groups excluding carboxylic acids is 2. The van der Waals surface area contributed by atoms with Crippen LogP contribution >= 0.6 is 23.2 Å². The zero-order valence-corrected chi connectivity index (χ0v) is 20.2. The molecular formula is C25H26Cl2FN3O3. The van der Waals surface area contributed by atoms with E-state index < -0.39 is 18.0 Å². The van der Waals surface area contributed by atoms with Crippen molar-refractivity contribution in [1.29, 1.82) is 0 Å². The average molecular weight is 506 g/mol. The van der Waals surface area contributed by atoms with Crippen LogP contribution in [0.2, 0.25) is 0 Å². The molecule has 0 spiro atoms. The second kappa shape index (κ2) is 12.6. The molecule has 0 aromatic heterocycles. The Hall–Kier alpha value is -2.87. The van der Waals surface area contributed by atoms with Gasteiger partial charge in [-0.25, -0.2) is 9.18 Å². The van der Waals surface area contributed by atoms with Gasteiger partial charge in [0.25, 0.3) is 0 Å². The number of halogens is 3. The Bertz CT molecular complexity index is 1050. The molecule has 1 aliphatic rings. The molecule has 34 heavy (non-hydrogen) atoms. The van der Waals surface area contributed by atoms with Gasteiger partial charge in [-0.2, -0.15) is 0 Å². The minimum atomic E-state index is -0.565. The molecule has 0 bridgehead atoms. The lowest BCUT2D eigenvalue weighted by Crippen LogP contribution is -2.33. The third kappa shape index (κ3) is 7.06. The Balaban J connectivity index is 1.68. The summed E-state index contributed by atoms with van der Waals surface area (Å²) in [7, 11) is 0. The van der Waals surface area contributed by atoms with Crippen molar-refractivity contribution in [1.82, 2.24) is 10.2 Å². The summed E-state index contributed by atoms with van der Waals surface area (Å²) in [5, 5.41) is 2.62. The number of carbonyl (C=O) groups is 2. The first-order valence-electron chi connectivity index (χ1n) is 10.8. The molecule has 0 unspecified atom stereocenters. The Kier molecular flexibility index (Phi) is 9.51. The molecule has 2 aromatic carbocycles. The highest BCUT2D eigenvalue weighted by molar-refractivity contribution is 6.25. The normalized spacial score (nSPS) is 16.1.